The van der Waals surface area contributed by atoms with E-state index in [0.29, 0.717) is 17.4 Å². The Bertz CT molecular complexity index is 1160. The van der Waals surface area contributed by atoms with Crippen LogP contribution in [-0.2, 0) is 6.42 Å². The van der Waals surface area contributed by atoms with Crippen molar-refractivity contribution in [1.82, 2.24) is 5.32 Å². The van der Waals surface area contributed by atoms with E-state index < -0.39 is 0 Å². The van der Waals surface area contributed by atoms with Gasteiger partial charge in [-0.3, -0.25) is 0 Å². The SMILES string of the molecule is C=C(CC1CCC(C(=C)NC)CC1)C1CCC(CC)CC1.C=CC(C)Cc1cc(-c2ccc(F)c(C)c2)cs1.CC(C)=S. The molecule has 2 saturated carbocycles. The first-order valence-electron chi connectivity index (χ1n) is 16.4. The Balaban J connectivity index is 0.000000269. The average Bonchev–Trinajstić information content (AvgIpc) is 3.47. The second-order valence-corrected chi connectivity index (χ2v) is 14.9. The molecule has 0 aliphatic heterocycles. The van der Waals surface area contributed by atoms with Crippen LogP contribution in [-0.4, -0.2) is 11.9 Å². The Kier molecular flexibility index (Phi) is 16.7. The summed E-state index contributed by atoms with van der Waals surface area (Å²) in [6, 6.07) is 7.47. The number of halogens is 1. The fourth-order valence-corrected chi connectivity index (χ4v) is 7.34. The molecule has 2 aliphatic rings. The Morgan fingerprint density at radius 2 is 1.58 bits per heavy atom. The van der Waals surface area contributed by atoms with Crippen molar-refractivity contribution in [2.45, 2.75) is 105 Å². The molecule has 0 radical (unpaired) electrons. The van der Waals surface area contributed by atoms with Gasteiger partial charge in [0.15, 0.2) is 0 Å². The third-order valence-electron chi connectivity index (χ3n) is 9.28. The molecule has 4 heteroatoms. The summed E-state index contributed by atoms with van der Waals surface area (Å²) in [7, 11) is 2.00. The molecule has 1 aromatic heterocycles. The molecule has 1 aromatic carbocycles. The maximum Gasteiger partial charge on any atom is 0.126 e. The number of thiophene rings is 1. The van der Waals surface area contributed by atoms with Gasteiger partial charge in [-0.05, 0) is 160 Å². The monoisotopic (exact) mass is 623 g/mol. The lowest BCUT2D eigenvalue weighted by Crippen LogP contribution is -2.23. The Morgan fingerprint density at radius 3 is 2.12 bits per heavy atom. The highest BCUT2D eigenvalue weighted by atomic mass is 32.1. The zero-order valence-electron chi connectivity index (χ0n) is 27.9. The first-order valence-corrected chi connectivity index (χ1v) is 17.7. The molecule has 4 rings (SSSR count). The second-order valence-electron chi connectivity index (χ2n) is 13.1. The van der Waals surface area contributed by atoms with Crippen LogP contribution in [0.1, 0.15) is 102 Å². The molecule has 43 heavy (non-hydrogen) atoms. The van der Waals surface area contributed by atoms with Crippen molar-refractivity contribution in [2.24, 2.45) is 29.6 Å². The van der Waals surface area contributed by atoms with E-state index in [1.165, 1.54) is 86.4 Å². The molecule has 1 heterocycles. The summed E-state index contributed by atoms with van der Waals surface area (Å²) in [6.07, 6.45) is 16.7. The highest BCUT2D eigenvalue weighted by Gasteiger charge is 2.26. The molecule has 238 valence electrons. The van der Waals surface area contributed by atoms with Gasteiger partial charge in [0.1, 0.15) is 5.82 Å². The minimum absolute atomic E-state index is 0.144. The molecule has 0 saturated heterocycles. The third kappa shape index (κ3) is 13.2. The van der Waals surface area contributed by atoms with Crippen LogP contribution in [0.3, 0.4) is 0 Å². The lowest BCUT2D eigenvalue weighted by molar-refractivity contribution is 0.263. The fraction of sp³-hybridized carbons (Fsp3) is 0.564. The van der Waals surface area contributed by atoms with Crippen LogP contribution in [0.4, 0.5) is 4.39 Å². The van der Waals surface area contributed by atoms with Gasteiger partial charge in [-0.15, -0.1) is 17.9 Å². The van der Waals surface area contributed by atoms with E-state index in [9.17, 15) is 4.39 Å². The number of rotatable bonds is 10. The molecule has 2 aromatic rings. The van der Waals surface area contributed by atoms with Crippen molar-refractivity contribution in [3.8, 4) is 11.1 Å². The van der Waals surface area contributed by atoms with Gasteiger partial charge in [0, 0.05) is 17.6 Å². The Morgan fingerprint density at radius 1 is 1.00 bits per heavy atom. The van der Waals surface area contributed by atoms with Crippen molar-refractivity contribution >= 4 is 28.4 Å². The maximum atomic E-state index is 13.2. The van der Waals surface area contributed by atoms with Crippen LogP contribution in [0.15, 0.2) is 66.7 Å². The maximum absolute atomic E-state index is 13.2. The standard InChI is InChI=1S/C20H35N.C16H17FS.C3H6S/c1-5-17-6-10-19(11-7-17)15(2)14-18-8-12-20(13-9-18)16(3)21-4;1-4-11(2)7-15-9-14(10-18-15)13-5-6-16(17)12(3)8-13;1-3(2)4/h17-21H,2-3,5-14H2,1,4H3;4-6,8-11H,1,7H2,2-3H3;1-2H3. The Labute approximate surface area is 273 Å². The van der Waals surface area contributed by atoms with Crippen molar-refractivity contribution in [2.75, 3.05) is 7.05 Å². The quantitative estimate of drug-likeness (QED) is 0.209. The largest absolute Gasteiger partial charge is 0.392 e. The molecule has 1 nitrogen and oxygen atoms in total. The molecule has 0 bridgehead atoms. The van der Waals surface area contributed by atoms with E-state index in [2.05, 4.69) is 62.6 Å². The molecule has 2 aliphatic carbocycles. The van der Waals surface area contributed by atoms with Crippen molar-refractivity contribution < 1.29 is 4.39 Å². The third-order valence-corrected chi connectivity index (χ3v) is 10.2. The van der Waals surface area contributed by atoms with Gasteiger partial charge in [0.25, 0.3) is 0 Å². The lowest BCUT2D eigenvalue weighted by atomic mass is 9.73. The molecule has 0 amide bonds. The molecule has 2 fully saturated rings. The van der Waals surface area contributed by atoms with Crippen molar-refractivity contribution in [3.05, 3.63) is 83.0 Å². The van der Waals surface area contributed by atoms with Crippen LogP contribution in [0.25, 0.3) is 11.1 Å². The summed E-state index contributed by atoms with van der Waals surface area (Å²) in [5.74, 6) is 3.78. The van der Waals surface area contributed by atoms with E-state index in [-0.39, 0.29) is 5.82 Å². The summed E-state index contributed by atoms with van der Waals surface area (Å²) < 4.78 is 13.2. The number of thiocarbonyl (C=S) groups is 1. The Hall–Kier alpha value is -2.04. The average molecular weight is 624 g/mol. The van der Waals surface area contributed by atoms with Crippen LogP contribution in [0.2, 0.25) is 0 Å². The smallest absolute Gasteiger partial charge is 0.126 e. The van der Waals surface area contributed by atoms with E-state index in [1.54, 1.807) is 23.8 Å². The van der Waals surface area contributed by atoms with Crippen molar-refractivity contribution in [1.29, 1.82) is 0 Å². The van der Waals surface area contributed by atoms with Gasteiger partial charge >= 0.3 is 0 Å². The van der Waals surface area contributed by atoms with E-state index >= 15 is 0 Å². The van der Waals surface area contributed by atoms with Crippen LogP contribution >= 0.6 is 23.6 Å². The van der Waals surface area contributed by atoms with Gasteiger partial charge in [0.2, 0.25) is 0 Å². The number of hydrogen-bond donors (Lipinski definition) is 1. The molecule has 1 N–H and O–H groups in total. The summed E-state index contributed by atoms with van der Waals surface area (Å²) in [4.78, 5) is 2.35. The molecule has 0 spiro atoms. The van der Waals surface area contributed by atoms with E-state index in [1.807, 2.05) is 39.1 Å². The minimum atomic E-state index is -0.144. The molecule has 1 unspecified atom stereocenters. The number of nitrogens with one attached hydrogen (secondary N) is 1. The van der Waals surface area contributed by atoms with Crippen LogP contribution < -0.4 is 5.32 Å². The van der Waals surface area contributed by atoms with Gasteiger partial charge in [0.05, 0.1) is 0 Å². The number of hydrogen-bond acceptors (Lipinski definition) is 3. The number of allylic oxidation sites excluding steroid dienone is 3. The summed E-state index contributed by atoms with van der Waals surface area (Å²) in [5.41, 5.74) is 5.77. The first-order chi connectivity index (χ1) is 20.5. The van der Waals surface area contributed by atoms with Crippen LogP contribution in [0, 0.1) is 42.3 Å². The summed E-state index contributed by atoms with van der Waals surface area (Å²) in [5, 5.41) is 5.38. The second kappa shape index (κ2) is 19.4. The van der Waals surface area contributed by atoms with Gasteiger partial charge in [-0.2, -0.15) is 0 Å². The zero-order chi connectivity index (χ0) is 31.9. The van der Waals surface area contributed by atoms with E-state index in [0.717, 1.165) is 34.6 Å². The van der Waals surface area contributed by atoms with Gasteiger partial charge in [-0.1, -0.05) is 63.4 Å². The topological polar surface area (TPSA) is 12.0 Å². The highest BCUT2D eigenvalue weighted by Crippen LogP contribution is 2.40. The lowest BCUT2D eigenvalue weighted by Gasteiger charge is -2.33. The normalized spacial score (nSPS) is 22.1. The molecule has 1 atom stereocenters. The predicted octanol–water partition coefficient (Wildman–Crippen LogP) is 12.3. The predicted molar refractivity (Wildman–Crippen MR) is 195 cm³/mol. The number of benzene rings is 1. The number of aryl methyl sites for hydroxylation is 1. The summed E-state index contributed by atoms with van der Waals surface area (Å²) >= 11 is 6.29. The first kappa shape index (κ1) is 37.1. The minimum Gasteiger partial charge on any atom is -0.392 e. The van der Waals surface area contributed by atoms with Gasteiger partial charge < -0.3 is 5.32 Å². The summed E-state index contributed by atoms with van der Waals surface area (Å²) in [6.45, 7) is 22.5. The van der Waals surface area contributed by atoms with Crippen molar-refractivity contribution in [3.63, 3.8) is 0 Å². The highest BCUT2D eigenvalue weighted by molar-refractivity contribution is 7.80. The molecular formula is C39H58FNS2. The van der Waals surface area contributed by atoms with Gasteiger partial charge in [-0.25, -0.2) is 4.39 Å². The van der Waals surface area contributed by atoms with E-state index in [4.69, 9.17) is 0 Å². The van der Waals surface area contributed by atoms with Crippen LogP contribution in [0.5, 0.6) is 0 Å². The zero-order valence-corrected chi connectivity index (χ0v) is 29.6. The molecular weight excluding hydrogens is 566 g/mol. The fourth-order valence-electron chi connectivity index (χ4n) is 6.30.